The summed E-state index contributed by atoms with van der Waals surface area (Å²) in [6.07, 6.45) is 0. The summed E-state index contributed by atoms with van der Waals surface area (Å²) in [4.78, 5) is 13.5. The molecule has 0 spiro atoms. The summed E-state index contributed by atoms with van der Waals surface area (Å²) < 4.78 is 0. The molecule has 0 unspecified atom stereocenters. The van der Waals surface area contributed by atoms with Gasteiger partial charge in [0.05, 0.1) is 5.39 Å². The van der Waals surface area contributed by atoms with Crippen LogP contribution in [0.5, 0.6) is 0 Å². The minimum atomic E-state index is 0.489. The third kappa shape index (κ3) is 1.42. The van der Waals surface area contributed by atoms with Crippen LogP contribution in [0.25, 0.3) is 11.0 Å². The van der Waals surface area contributed by atoms with E-state index in [0.717, 1.165) is 16.7 Å². The third-order valence-corrected chi connectivity index (χ3v) is 2.25. The van der Waals surface area contributed by atoms with Gasteiger partial charge in [0.2, 0.25) is 5.95 Å². The summed E-state index contributed by atoms with van der Waals surface area (Å²) in [7, 11) is 3.76. The standard InChI is InChI=1S/C9H11ClN4/c1-5-4-6-7(10)12-9(14(2)3)13-8(6)11-5/h4H,1-3H3,(H,11,12,13). The molecule has 0 saturated heterocycles. The van der Waals surface area contributed by atoms with E-state index in [4.69, 9.17) is 11.6 Å². The summed E-state index contributed by atoms with van der Waals surface area (Å²) >= 11 is 6.02. The molecule has 0 fully saturated rings. The summed E-state index contributed by atoms with van der Waals surface area (Å²) in [5, 5.41) is 1.36. The Labute approximate surface area is 86.9 Å². The topological polar surface area (TPSA) is 44.8 Å². The Morgan fingerprint density at radius 3 is 2.71 bits per heavy atom. The molecule has 4 nitrogen and oxygen atoms in total. The molecule has 2 rings (SSSR count). The van der Waals surface area contributed by atoms with Crippen LogP contribution in [-0.2, 0) is 0 Å². The monoisotopic (exact) mass is 210 g/mol. The highest BCUT2D eigenvalue weighted by atomic mass is 35.5. The molecule has 0 saturated carbocycles. The molecule has 2 aromatic rings. The Morgan fingerprint density at radius 2 is 2.07 bits per heavy atom. The van der Waals surface area contributed by atoms with Gasteiger partial charge in [-0.1, -0.05) is 11.6 Å². The van der Waals surface area contributed by atoms with Crippen molar-refractivity contribution in [3.63, 3.8) is 0 Å². The lowest BCUT2D eigenvalue weighted by molar-refractivity contribution is 1.01. The number of hydrogen-bond acceptors (Lipinski definition) is 3. The number of anilines is 1. The smallest absolute Gasteiger partial charge is 0.228 e. The van der Waals surface area contributed by atoms with E-state index in [0.29, 0.717) is 11.1 Å². The molecule has 2 aromatic heterocycles. The van der Waals surface area contributed by atoms with Gasteiger partial charge in [-0.15, -0.1) is 0 Å². The fourth-order valence-electron chi connectivity index (χ4n) is 1.29. The Morgan fingerprint density at radius 1 is 1.36 bits per heavy atom. The molecule has 0 aliphatic heterocycles. The SMILES string of the molecule is Cc1cc2c(Cl)nc(N(C)C)nc2[nH]1. The molecule has 74 valence electrons. The van der Waals surface area contributed by atoms with Crippen molar-refractivity contribution >= 4 is 28.6 Å². The summed E-state index contributed by atoms with van der Waals surface area (Å²) in [5.41, 5.74) is 1.82. The van der Waals surface area contributed by atoms with Gasteiger partial charge in [-0.3, -0.25) is 0 Å². The van der Waals surface area contributed by atoms with Crippen molar-refractivity contribution in [2.75, 3.05) is 19.0 Å². The van der Waals surface area contributed by atoms with Gasteiger partial charge in [-0.25, -0.2) is 4.98 Å². The first-order valence-electron chi connectivity index (χ1n) is 4.28. The average Bonchev–Trinajstić information content (AvgIpc) is 2.45. The number of fused-ring (bicyclic) bond motifs is 1. The second-order valence-electron chi connectivity index (χ2n) is 3.42. The van der Waals surface area contributed by atoms with Crippen molar-refractivity contribution in [2.24, 2.45) is 0 Å². The highest BCUT2D eigenvalue weighted by Gasteiger charge is 2.08. The van der Waals surface area contributed by atoms with Crippen molar-refractivity contribution < 1.29 is 0 Å². The van der Waals surface area contributed by atoms with Gasteiger partial charge >= 0.3 is 0 Å². The molecule has 0 bridgehead atoms. The van der Waals surface area contributed by atoms with Crippen molar-refractivity contribution in [1.29, 1.82) is 0 Å². The van der Waals surface area contributed by atoms with E-state index in [1.807, 2.05) is 32.0 Å². The predicted molar refractivity (Wildman–Crippen MR) is 58.0 cm³/mol. The van der Waals surface area contributed by atoms with Crippen LogP contribution in [0.15, 0.2) is 6.07 Å². The first-order valence-corrected chi connectivity index (χ1v) is 4.66. The Kier molecular flexibility index (Phi) is 2.07. The number of H-pyrrole nitrogens is 1. The van der Waals surface area contributed by atoms with Crippen LogP contribution < -0.4 is 4.90 Å². The van der Waals surface area contributed by atoms with Crippen LogP contribution in [0.3, 0.4) is 0 Å². The van der Waals surface area contributed by atoms with Gasteiger partial charge in [0.25, 0.3) is 0 Å². The minimum Gasteiger partial charge on any atom is -0.347 e. The van der Waals surface area contributed by atoms with E-state index in [2.05, 4.69) is 15.0 Å². The zero-order chi connectivity index (χ0) is 10.3. The zero-order valence-corrected chi connectivity index (χ0v) is 9.05. The summed E-state index contributed by atoms with van der Waals surface area (Å²) in [6, 6.07) is 1.94. The third-order valence-electron chi connectivity index (χ3n) is 1.96. The van der Waals surface area contributed by atoms with E-state index in [1.54, 1.807) is 0 Å². The Balaban J connectivity index is 2.71. The van der Waals surface area contributed by atoms with E-state index >= 15 is 0 Å². The minimum absolute atomic E-state index is 0.489. The molecule has 1 N–H and O–H groups in total. The molecule has 14 heavy (non-hydrogen) atoms. The highest BCUT2D eigenvalue weighted by Crippen LogP contribution is 2.22. The van der Waals surface area contributed by atoms with E-state index in [1.165, 1.54) is 0 Å². The van der Waals surface area contributed by atoms with E-state index < -0.39 is 0 Å². The zero-order valence-electron chi connectivity index (χ0n) is 8.30. The van der Waals surface area contributed by atoms with Crippen LogP contribution in [0, 0.1) is 6.92 Å². The second kappa shape index (κ2) is 3.13. The van der Waals surface area contributed by atoms with Gasteiger partial charge in [-0.2, -0.15) is 4.98 Å². The summed E-state index contributed by atoms with van der Waals surface area (Å²) in [5.74, 6) is 0.615. The number of hydrogen-bond donors (Lipinski definition) is 1. The van der Waals surface area contributed by atoms with Crippen molar-refractivity contribution in [2.45, 2.75) is 6.92 Å². The number of nitrogens with zero attached hydrogens (tertiary/aromatic N) is 3. The number of aromatic amines is 1. The lowest BCUT2D eigenvalue weighted by atomic mass is 10.4. The molecule has 0 aliphatic carbocycles. The Hall–Kier alpha value is -1.29. The van der Waals surface area contributed by atoms with Crippen molar-refractivity contribution in [3.05, 3.63) is 16.9 Å². The molecule has 5 heteroatoms. The molecular weight excluding hydrogens is 200 g/mol. The number of aryl methyl sites for hydroxylation is 1. The van der Waals surface area contributed by atoms with Gasteiger partial charge in [-0.05, 0) is 13.0 Å². The fraction of sp³-hybridized carbons (Fsp3) is 0.333. The number of aromatic nitrogens is 3. The Bertz CT molecular complexity index is 475. The normalized spacial score (nSPS) is 10.9. The first-order chi connectivity index (χ1) is 6.58. The molecule has 0 atom stereocenters. The molecule has 0 aliphatic rings. The van der Waals surface area contributed by atoms with Crippen LogP contribution >= 0.6 is 11.6 Å². The van der Waals surface area contributed by atoms with Gasteiger partial charge in [0.15, 0.2) is 0 Å². The maximum Gasteiger partial charge on any atom is 0.228 e. The molecule has 0 aromatic carbocycles. The lowest BCUT2D eigenvalue weighted by Gasteiger charge is -2.09. The summed E-state index contributed by atoms with van der Waals surface area (Å²) in [6.45, 7) is 1.97. The largest absolute Gasteiger partial charge is 0.347 e. The van der Waals surface area contributed by atoms with Crippen LogP contribution in [-0.4, -0.2) is 29.0 Å². The second-order valence-corrected chi connectivity index (χ2v) is 3.78. The quantitative estimate of drug-likeness (QED) is 0.733. The predicted octanol–water partition coefficient (Wildman–Crippen LogP) is 1.99. The number of halogens is 1. The fourth-order valence-corrected chi connectivity index (χ4v) is 1.51. The van der Waals surface area contributed by atoms with Gasteiger partial charge in [0, 0.05) is 19.8 Å². The molecule has 0 amide bonds. The van der Waals surface area contributed by atoms with Crippen LogP contribution in [0.1, 0.15) is 5.69 Å². The van der Waals surface area contributed by atoms with Crippen molar-refractivity contribution in [3.8, 4) is 0 Å². The van der Waals surface area contributed by atoms with Crippen LogP contribution in [0.2, 0.25) is 5.15 Å². The maximum atomic E-state index is 6.02. The molecule has 0 radical (unpaired) electrons. The average molecular weight is 211 g/mol. The molecule has 2 heterocycles. The van der Waals surface area contributed by atoms with E-state index in [9.17, 15) is 0 Å². The maximum absolute atomic E-state index is 6.02. The van der Waals surface area contributed by atoms with Gasteiger partial charge in [0.1, 0.15) is 10.8 Å². The molecular formula is C9H11ClN4. The van der Waals surface area contributed by atoms with Crippen molar-refractivity contribution in [1.82, 2.24) is 15.0 Å². The van der Waals surface area contributed by atoms with E-state index in [-0.39, 0.29) is 0 Å². The number of rotatable bonds is 1. The van der Waals surface area contributed by atoms with Crippen LogP contribution in [0.4, 0.5) is 5.95 Å². The number of nitrogens with one attached hydrogen (secondary N) is 1. The highest BCUT2D eigenvalue weighted by molar-refractivity contribution is 6.34. The lowest BCUT2D eigenvalue weighted by Crippen LogP contribution is -2.12. The van der Waals surface area contributed by atoms with Gasteiger partial charge < -0.3 is 9.88 Å². The first kappa shape index (κ1) is 9.27.